The van der Waals surface area contributed by atoms with Crippen molar-refractivity contribution < 1.29 is 14.3 Å². The van der Waals surface area contributed by atoms with Crippen LogP contribution in [0, 0.1) is 3.57 Å². The molecule has 1 aromatic carbocycles. The number of hydrogen-bond donors (Lipinski definition) is 0. The first-order valence-corrected chi connectivity index (χ1v) is 5.98. The highest BCUT2D eigenvalue weighted by Crippen LogP contribution is 2.26. The molecule has 1 rings (SSSR count). The molecule has 0 N–H and O–H groups in total. The smallest absolute Gasteiger partial charge is 0.337 e. The van der Waals surface area contributed by atoms with Crippen LogP contribution in [-0.4, -0.2) is 18.7 Å². The fourth-order valence-electron chi connectivity index (χ4n) is 1.16. The number of carbonyl (C=O) groups is 1. The van der Waals surface area contributed by atoms with Gasteiger partial charge in [-0.1, -0.05) is 0 Å². The molecule has 0 saturated heterocycles. The second-order valence-corrected chi connectivity index (χ2v) is 5.51. The van der Waals surface area contributed by atoms with Crippen molar-refractivity contribution in [1.82, 2.24) is 0 Å². The van der Waals surface area contributed by atoms with Crippen LogP contribution < -0.4 is 4.74 Å². The number of methoxy groups -OCH3 is 1. The third-order valence-corrected chi connectivity index (χ3v) is 2.61. The average molecular weight is 334 g/mol. The van der Waals surface area contributed by atoms with Crippen molar-refractivity contribution in [2.45, 2.75) is 26.4 Å². The summed E-state index contributed by atoms with van der Waals surface area (Å²) >= 11 is 2.14. The maximum absolute atomic E-state index is 11.3. The Morgan fingerprint density at radius 2 is 1.94 bits per heavy atom. The van der Waals surface area contributed by atoms with Crippen molar-refractivity contribution in [1.29, 1.82) is 0 Å². The molecule has 0 aromatic heterocycles. The molecule has 0 heterocycles. The highest BCUT2D eigenvalue weighted by molar-refractivity contribution is 14.1. The summed E-state index contributed by atoms with van der Waals surface area (Å²) in [7, 11) is 1.37. The standard InChI is InChI=1S/C12H15IO3/c1-12(2,3)16-10-6-5-8(7-9(10)13)11(14)15-4/h5-7H,1-4H3. The van der Waals surface area contributed by atoms with E-state index in [9.17, 15) is 4.79 Å². The van der Waals surface area contributed by atoms with E-state index in [1.807, 2.05) is 20.8 Å². The molecule has 16 heavy (non-hydrogen) atoms. The summed E-state index contributed by atoms with van der Waals surface area (Å²) in [5, 5.41) is 0. The zero-order valence-corrected chi connectivity index (χ0v) is 12.0. The van der Waals surface area contributed by atoms with Gasteiger partial charge in [0.05, 0.1) is 16.2 Å². The molecule has 0 saturated carbocycles. The summed E-state index contributed by atoms with van der Waals surface area (Å²) in [6.07, 6.45) is 0. The lowest BCUT2D eigenvalue weighted by Gasteiger charge is -2.22. The molecule has 0 fully saturated rings. The Balaban J connectivity index is 2.96. The van der Waals surface area contributed by atoms with E-state index in [1.165, 1.54) is 7.11 Å². The number of benzene rings is 1. The van der Waals surface area contributed by atoms with Crippen molar-refractivity contribution in [2.24, 2.45) is 0 Å². The van der Waals surface area contributed by atoms with Crippen molar-refractivity contribution >= 4 is 28.6 Å². The number of hydrogen-bond acceptors (Lipinski definition) is 3. The van der Waals surface area contributed by atoms with Gasteiger partial charge in [-0.15, -0.1) is 0 Å². The van der Waals surface area contributed by atoms with E-state index < -0.39 is 0 Å². The molecule has 0 atom stereocenters. The molecule has 0 bridgehead atoms. The molecular formula is C12H15IO3. The van der Waals surface area contributed by atoms with E-state index in [-0.39, 0.29) is 11.6 Å². The number of rotatable bonds is 2. The Bertz CT molecular complexity index is 394. The molecule has 4 heteroatoms. The third kappa shape index (κ3) is 3.66. The topological polar surface area (TPSA) is 35.5 Å². The predicted molar refractivity (Wildman–Crippen MR) is 70.9 cm³/mol. The van der Waals surface area contributed by atoms with Crippen molar-refractivity contribution in [3.05, 3.63) is 27.3 Å². The first-order valence-electron chi connectivity index (χ1n) is 4.90. The summed E-state index contributed by atoms with van der Waals surface area (Å²) in [5.41, 5.74) is 0.292. The second-order valence-electron chi connectivity index (χ2n) is 4.35. The molecule has 0 aliphatic carbocycles. The van der Waals surface area contributed by atoms with E-state index in [2.05, 4.69) is 27.3 Å². The molecule has 0 aliphatic heterocycles. The monoisotopic (exact) mass is 334 g/mol. The SMILES string of the molecule is COC(=O)c1ccc(OC(C)(C)C)c(I)c1. The molecule has 88 valence electrons. The van der Waals surface area contributed by atoms with Crippen LogP contribution in [0.25, 0.3) is 0 Å². The maximum atomic E-state index is 11.3. The largest absolute Gasteiger partial charge is 0.487 e. The van der Waals surface area contributed by atoms with Gasteiger partial charge in [-0.2, -0.15) is 0 Å². The van der Waals surface area contributed by atoms with E-state index in [0.29, 0.717) is 5.56 Å². The van der Waals surface area contributed by atoms with Crippen LogP contribution in [0.2, 0.25) is 0 Å². The van der Waals surface area contributed by atoms with E-state index in [1.54, 1.807) is 18.2 Å². The minimum atomic E-state index is -0.333. The molecule has 0 amide bonds. The Labute approximate surface area is 109 Å². The van der Waals surface area contributed by atoms with Crippen LogP contribution in [0.5, 0.6) is 5.75 Å². The van der Waals surface area contributed by atoms with Crippen LogP contribution in [0.3, 0.4) is 0 Å². The number of carbonyl (C=O) groups excluding carboxylic acids is 1. The normalized spacial score (nSPS) is 11.1. The highest BCUT2D eigenvalue weighted by atomic mass is 127. The highest BCUT2D eigenvalue weighted by Gasteiger charge is 2.15. The van der Waals surface area contributed by atoms with Gasteiger partial charge in [0.2, 0.25) is 0 Å². The molecule has 1 aromatic rings. The van der Waals surface area contributed by atoms with Gasteiger partial charge in [0.15, 0.2) is 0 Å². The lowest BCUT2D eigenvalue weighted by Crippen LogP contribution is -2.23. The predicted octanol–water partition coefficient (Wildman–Crippen LogP) is 3.26. The Kier molecular flexibility index (Phi) is 4.18. The summed E-state index contributed by atoms with van der Waals surface area (Å²) in [4.78, 5) is 11.3. The van der Waals surface area contributed by atoms with Crippen molar-refractivity contribution in [2.75, 3.05) is 7.11 Å². The van der Waals surface area contributed by atoms with Gasteiger partial charge < -0.3 is 9.47 Å². The summed E-state index contributed by atoms with van der Waals surface area (Å²) in [5.74, 6) is 0.445. The van der Waals surface area contributed by atoms with Gasteiger partial charge in [0.25, 0.3) is 0 Å². The molecule has 0 aliphatic rings. The first-order chi connectivity index (χ1) is 7.33. The third-order valence-electron chi connectivity index (χ3n) is 1.77. The van der Waals surface area contributed by atoms with Gasteiger partial charge in [-0.25, -0.2) is 4.79 Å². The summed E-state index contributed by atoms with van der Waals surface area (Å²) in [6.45, 7) is 5.95. The Hall–Kier alpha value is -0.780. The number of ether oxygens (including phenoxy) is 2. The minimum Gasteiger partial charge on any atom is -0.487 e. The van der Waals surface area contributed by atoms with Gasteiger partial charge in [-0.05, 0) is 61.6 Å². The fourth-order valence-corrected chi connectivity index (χ4v) is 1.78. The zero-order valence-electron chi connectivity index (χ0n) is 9.83. The maximum Gasteiger partial charge on any atom is 0.337 e. The fraction of sp³-hybridized carbons (Fsp3) is 0.417. The lowest BCUT2D eigenvalue weighted by molar-refractivity contribution is 0.0600. The van der Waals surface area contributed by atoms with Gasteiger partial charge in [0.1, 0.15) is 11.4 Å². The summed E-state index contributed by atoms with van der Waals surface area (Å²) in [6, 6.07) is 5.25. The molecule has 0 unspecified atom stereocenters. The van der Waals surface area contributed by atoms with Crippen molar-refractivity contribution in [3.63, 3.8) is 0 Å². The zero-order chi connectivity index (χ0) is 12.3. The van der Waals surface area contributed by atoms with Gasteiger partial charge in [-0.3, -0.25) is 0 Å². The van der Waals surface area contributed by atoms with Crippen LogP contribution in [0.15, 0.2) is 18.2 Å². The lowest BCUT2D eigenvalue weighted by atomic mass is 10.1. The molecule has 0 spiro atoms. The second kappa shape index (κ2) is 5.03. The Morgan fingerprint density at radius 1 is 1.31 bits per heavy atom. The molecule has 0 radical (unpaired) electrons. The molecule has 3 nitrogen and oxygen atoms in total. The van der Waals surface area contributed by atoms with Crippen molar-refractivity contribution in [3.8, 4) is 5.75 Å². The van der Waals surface area contributed by atoms with Gasteiger partial charge in [0, 0.05) is 0 Å². The van der Waals surface area contributed by atoms with Gasteiger partial charge >= 0.3 is 5.97 Å². The minimum absolute atomic E-state index is 0.243. The first kappa shape index (κ1) is 13.3. The van der Waals surface area contributed by atoms with Crippen LogP contribution in [0.4, 0.5) is 0 Å². The van der Waals surface area contributed by atoms with Crippen LogP contribution >= 0.6 is 22.6 Å². The van der Waals surface area contributed by atoms with Crippen LogP contribution in [-0.2, 0) is 4.74 Å². The summed E-state index contributed by atoms with van der Waals surface area (Å²) < 4.78 is 11.3. The van der Waals surface area contributed by atoms with E-state index >= 15 is 0 Å². The van der Waals surface area contributed by atoms with E-state index in [0.717, 1.165) is 9.32 Å². The number of esters is 1. The Morgan fingerprint density at radius 3 is 2.38 bits per heavy atom. The van der Waals surface area contributed by atoms with Crippen LogP contribution in [0.1, 0.15) is 31.1 Å². The molecular weight excluding hydrogens is 319 g/mol. The quantitative estimate of drug-likeness (QED) is 0.615. The number of halogens is 1. The van der Waals surface area contributed by atoms with E-state index in [4.69, 9.17) is 4.74 Å². The average Bonchev–Trinajstić information content (AvgIpc) is 2.18.